The summed E-state index contributed by atoms with van der Waals surface area (Å²) in [5, 5.41) is 2.81. The Morgan fingerprint density at radius 3 is 1.73 bits per heavy atom. The van der Waals surface area contributed by atoms with Crippen molar-refractivity contribution in [2.24, 2.45) is 0 Å². The second-order valence-electron chi connectivity index (χ2n) is 10.8. The van der Waals surface area contributed by atoms with Crippen molar-refractivity contribution in [2.45, 2.75) is 20.0 Å². The molecular weight excluding hydrogens is 630 g/mol. The Kier molecular flexibility index (Phi) is 12.6. The van der Waals surface area contributed by atoms with Gasteiger partial charge in [-0.2, -0.15) is 0 Å². The van der Waals surface area contributed by atoms with E-state index in [0.29, 0.717) is 45.4 Å². The van der Waals surface area contributed by atoms with Crippen LogP contribution in [0.15, 0.2) is 91.0 Å². The fraction of sp³-hybridized carbons (Fsp3) is 0.243. The Labute approximate surface area is 285 Å². The molecule has 0 aromatic heterocycles. The summed E-state index contributed by atoms with van der Waals surface area (Å²) in [6, 6.07) is 25.3. The Balaban J connectivity index is 1.66. The SMILES string of the molecule is COc1ccc(NC(=O)CN(Cc2ccc(OC(C)=O)cc2OC)C(=O)CN(Cc2ccc(OC)cc2OC)C(=O)c2ccccc2)cc1. The highest BCUT2D eigenvalue weighted by atomic mass is 16.5. The number of benzene rings is 4. The molecule has 0 aliphatic rings. The first-order chi connectivity index (χ1) is 23.6. The molecule has 256 valence electrons. The van der Waals surface area contributed by atoms with Crippen LogP contribution in [-0.4, -0.2) is 75.0 Å². The maximum atomic E-state index is 14.2. The van der Waals surface area contributed by atoms with E-state index in [-0.39, 0.29) is 31.9 Å². The minimum atomic E-state index is -0.507. The zero-order chi connectivity index (χ0) is 35.3. The second kappa shape index (κ2) is 17.2. The van der Waals surface area contributed by atoms with Crippen LogP contribution in [0.25, 0.3) is 0 Å². The molecule has 0 bridgehead atoms. The number of ether oxygens (including phenoxy) is 5. The summed E-state index contributed by atoms with van der Waals surface area (Å²) >= 11 is 0. The van der Waals surface area contributed by atoms with E-state index < -0.39 is 23.7 Å². The Bertz CT molecular complexity index is 1760. The molecule has 0 aliphatic heterocycles. The predicted molar refractivity (Wildman–Crippen MR) is 182 cm³/mol. The minimum Gasteiger partial charge on any atom is -0.497 e. The van der Waals surface area contributed by atoms with Crippen LogP contribution in [0.4, 0.5) is 5.69 Å². The van der Waals surface area contributed by atoms with Gasteiger partial charge in [0.25, 0.3) is 5.91 Å². The summed E-state index contributed by atoms with van der Waals surface area (Å²) in [5.74, 6) is 0.404. The van der Waals surface area contributed by atoms with E-state index >= 15 is 0 Å². The smallest absolute Gasteiger partial charge is 0.308 e. The number of hydrogen-bond acceptors (Lipinski definition) is 9. The van der Waals surface area contributed by atoms with Crippen molar-refractivity contribution < 1.29 is 42.9 Å². The van der Waals surface area contributed by atoms with Gasteiger partial charge in [-0.1, -0.05) is 18.2 Å². The van der Waals surface area contributed by atoms with Crippen LogP contribution in [0, 0.1) is 0 Å². The predicted octanol–water partition coefficient (Wildman–Crippen LogP) is 4.96. The van der Waals surface area contributed by atoms with Gasteiger partial charge in [0.05, 0.1) is 35.0 Å². The van der Waals surface area contributed by atoms with Gasteiger partial charge in [-0.05, 0) is 60.7 Å². The van der Waals surface area contributed by atoms with Crippen LogP contribution in [0.2, 0.25) is 0 Å². The molecule has 0 radical (unpaired) electrons. The quantitative estimate of drug-likeness (QED) is 0.138. The standard InChI is InChI=1S/C37H39N3O9/c1-25(41)49-32-16-12-27(34(20-32)48-5)21-39(23-35(42)38-29-13-17-30(45-2)18-14-29)36(43)24-40(37(44)26-9-7-6-8-10-26)22-28-11-15-31(46-3)19-33(28)47-4/h6-20H,21-24H2,1-5H3,(H,38,42). The molecule has 12 heteroatoms. The molecule has 0 saturated heterocycles. The third kappa shape index (κ3) is 9.97. The van der Waals surface area contributed by atoms with Gasteiger partial charge in [0.2, 0.25) is 11.8 Å². The summed E-state index contributed by atoms with van der Waals surface area (Å²) in [7, 11) is 6.04. The summed E-state index contributed by atoms with van der Waals surface area (Å²) in [6.45, 7) is 0.536. The minimum absolute atomic E-state index is 0.0267. The summed E-state index contributed by atoms with van der Waals surface area (Å²) in [4.78, 5) is 55.7. The molecule has 0 aliphatic carbocycles. The lowest BCUT2D eigenvalue weighted by molar-refractivity contribution is -0.136. The maximum absolute atomic E-state index is 14.2. The van der Waals surface area contributed by atoms with Crippen molar-refractivity contribution in [1.82, 2.24) is 9.80 Å². The van der Waals surface area contributed by atoms with Crippen molar-refractivity contribution in [3.05, 3.63) is 108 Å². The highest BCUT2D eigenvalue weighted by Crippen LogP contribution is 2.28. The lowest BCUT2D eigenvalue weighted by atomic mass is 10.1. The second-order valence-corrected chi connectivity index (χ2v) is 10.8. The van der Waals surface area contributed by atoms with E-state index in [1.54, 1.807) is 92.0 Å². The summed E-state index contributed by atoms with van der Waals surface area (Å²) in [6.07, 6.45) is 0. The first-order valence-corrected chi connectivity index (χ1v) is 15.3. The summed E-state index contributed by atoms with van der Waals surface area (Å²) in [5.41, 5.74) is 2.08. The Hall–Kier alpha value is -6.04. The average Bonchev–Trinajstić information content (AvgIpc) is 3.11. The number of rotatable bonds is 15. The zero-order valence-electron chi connectivity index (χ0n) is 28.1. The van der Waals surface area contributed by atoms with Crippen molar-refractivity contribution in [2.75, 3.05) is 46.8 Å². The largest absolute Gasteiger partial charge is 0.497 e. The van der Waals surface area contributed by atoms with Crippen molar-refractivity contribution in [3.8, 4) is 28.7 Å². The summed E-state index contributed by atoms with van der Waals surface area (Å²) < 4.78 is 26.8. The molecule has 1 N–H and O–H groups in total. The first kappa shape index (κ1) is 35.8. The van der Waals surface area contributed by atoms with Crippen molar-refractivity contribution in [1.29, 1.82) is 0 Å². The van der Waals surface area contributed by atoms with Gasteiger partial charge in [-0.3, -0.25) is 19.2 Å². The van der Waals surface area contributed by atoms with E-state index in [0.717, 1.165) is 0 Å². The van der Waals surface area contributed by atoms with E-state index in [2.05, 4.69) is 5.32 Å². The molecule has 0 fully saturated rings. The Morgan fingerprint density at radius 2 is 1.16 bits per heavy atom. The number of anilines is 1. The van der Waals surface area contributed by atoms with Crippen LogP contribution >= 0.6 is 0 Å². The number of hydrogen-bond donors (Lipinski definition) is 1. The van der Waals surface area contributed by atoms with Crippen molar-refractivity contribution in [3.63, 3.8) is 0 Å². The lowest BCUT2D eigenvalue weighted by Crippen LogP contribution is -2.45. The van der Waals surface area contributed by atoms with E-state index in [9.17, 15) is 19.2 Å². The molecule has 49 heavy (non-hydrogen) atoms. The number of carbonyl (C=O) groups is 4. The van der Waals surface area contributed by atoms with Gasteiger partial charge >= 0.3 is 5.97 Å². The van der Waals surface area contributed by atoms with Gasteiger partial charge in [0, 0.05) is 48.0 Å². The molecule has 0 heterocycles. The fourth-order valence-electron chi connectivity index (χ4n) is 4.99. The molecule has 12 nitrogen and oxygen atoms in total. The molecule has 0 spiro atoms. The van der Waals surface area contributed by atoms with Crippen LogP contribution in [0.3, 0.4) is 0 Å². The molecule has 0 unspecified atom stereocenters. The zero-order valence-corrected chi connectivity index (χ0v) is 28.1. The molecule has 4 rings (SSSR count). The van der Waals surface area contributed by atoms with E-state index in [1.165, 1.54) is 44.1 Å². The average molecular weight is 670 g/mol. The van der Waals surface area contributed by atoms with Crippen molar-refractivity contribution >= 4 is 29.4 Å². The van der Waals surface area contributed by atoms with Gasteiger partial charge in [0.1, 0.15) is 41.8 Å². The number of carbonyl (C=O) groups excluding carboxylic acids is 4. The normalized spacial score (nSPS) is 10.4. The van der Waals surface area contributed by atoms with Gasteiger partial charge in [0.15, 0.2) is 0 Å². The number of nitrogens with zero attached hydrogens (tertiary/aromatic N) is 2. The Morgan fingerprint density at radius 1 is 0.612 bits per heavy atom. The molecule has 0 atom stereocenters. The molecule has 3 amide bonds. The molecule has 4 aromatic carbocycles. The third-order valence-corrected chi connectivity index (χ3v) is 7.43. The van der Waals surface area contributed by atoms with Gasteiger partial charge < -0.3 is 38.8 Å². The third-order valence-electron chi connectivity index (χ3n) is 7.43. The number of methoxy groups -OCH3 is 4. The molecule has 4 aromatic rings. The van der Waals surface area contributed by atoms with Gasteiger partial charge in [-0.25, -0.2) is 0 Å². The first-order valence-electron chi connectivity index (χ1n) is 15.3. The monoisotopic (exact) mass is 669 g/mol. The van der Waals surface area contributed by atoms with E-state index in [1.807, 2.05) is 0 Å². The fourth-order valence-corrected chi connectivity index (χ4v) is 4.99. The topological polar surface area (TPSA) is 133 Å². The number of nitrogens with one attached hydrogen (secondary N) is 1. The van der Waals surface area contributed by atoms with Crippen LogP contribution in [-0.2, 0) is 27.5 Å². The molecule has 0 saturated carbocycles. The maximum Gasteiger partial charge on any atom is 0.308 e. The van der Waals surface area contributed by atoms with Gasteiger partial charge in [-0.15, -0.1) is 0 Å². The van der Waals surface area contributed by atoms with Crippen LogP contribution in [0.5, 0.6) is 28.7 Å². The molecular formula is C37H39N3O9. The van der Waals surface area contributed by atoms with E-state index in [4.69, 9.17) is 23.7 Å². The highest BCUT2D eigenvalue weighted by Gasteiger charge is 2.26. The lowest BCUT2D eigenvalue weighted by Gasteiger charge is -2.28. The highest BCUT2D eigenvalue weighted by molar-refractivity contribution is 5.98. The van der Waals surface area contributed by atoms with Crippen LogP contribution in [0.1, 0.15) is 28.4 Å². The van der Waals surface area contributed by atoms with Crippen LogP contribution < -0.4 is 29.0 Å². The number of amides is 3. The number of esters is 1.